The third kappa shape index (κ3) is 4.05. The first-order valence-corrected chi connectivity index (χ1v) is 9.69. The first-order chi connectivity index (χ1) is 12.4. The van der Waals surface area contributed by atoms with Crippen molar-refractivity contribution in [3.63, 3.8) is 0 Å². The minimum atomic E-state index is -0.470. The fraction of sp³-hybridized carbons (Fsp3) is 0.111. The van der Waals surface area contributed by atoms with Crippen molar-refractivity contribution in [3.8, 4) is 5.75 Å². The van der Waals surface area contributed by atoms with Gasteiger partial charge in [0, 0.05) is 5.02 Å². The van der Waals surface area contributed by atoms with Gasteiger partial charge in [-0.15, -0.1) is 0 Å². The number of ether oxygens (including phenoxy) is 1. The van der Waals surface area contributed by atoms with Gasteiger partial charge in [0.2, 0.25) is 0 Å². The fourth-order valence-corrected chi connectivity index (χ4v) is 4.21. The molecule has 2 aromatic rings. The van der Waals surface area contributed by atoms with Crippen LogP contribution in [0.1, 0.15) is 11.1 Å². The van der Waals surface area contributed by atoms with Crippen molar-refractivity contribution in [3.05, 3.63) is 66.8 Å². The van der Waals surface area contributed by atoms with E-state index in [-0.39, 0.29) is 16.8 Å². The zero-order chi connectivity index (χ0) is 18.8. The van der Waals surface area contributed by atoms with Crippen LogP contribution >= 0.6 is 46.0 Å². The van der Waals surface area contributed by atoms with Crippen LogP contribution in [0, 0.1) is 9.39 Å². The highest BCUT2D eigenvalue weighted by atomic mass is 127. The van der Waals surface area contributed by atoms with Crippen molar-refractivity contribution in [2.75, 3.05) is 7.11 Å². The molecule has 1 aliphatic heterocycles. The normalized spacial score (nSPS) is 15.8. The average Bonchev–Trinajstić information content (AvgIpc) is 2.84. The molecule has 0 bridgehead atoms. The molecule has 1 saturated heterocycles. The molecule has 4 nitrogen and oxygen atoms in total. The van der Waals surface area contributed by atoms with E-state index >= 15 is 0 Å². The maximum absolute atomic E-state index is 13.2. The van der Waals surface area contributed by atoms with Crippen LogP contribution in [0.25, 0.3) is 6.08 Å². The Labute approximate surface area is 172 Å². The number of hydrogen-bond donors (Lipinski definition) is 0. The highest BCUT2D eigenvalue weighted by Crippen LogP contribution is 2.35. The van der Waals surface area contributed by atoms with Gasteiger partial charge < -0.3 is 4.74 Å². The molecule has 26 heavy (non-hydrogen) atoms. The Kier molecular flexibility index (Phi) is 5.89. The van der Waals surface area contributed by atoms with Gasteiger partial charge in [-0.3, -0.25) is 14.5 Å². The molecular formula is C18H12ClFINO3S. The van der Waals surface area contributed by atoms with E-state index in [4.69, 9.17) is 16.3 Å². The van der Waals surface area contributed by atoms with Crippen molar-refractivity contribution >= 4 is 63.2 Å². The van der Waals surface area contributed by atoms with Gasteiger partial charge in [0.1, 0.15) is 11.6 Å². The van der Waals surface area contributed by atoms with E-state index in [2.05, 4.69) is 22.6 Å². The lowest BCUT2D eigenvalue weighted by Gasteiger charge is -2.13. The Bertz CT molecular complexity index is 935. The standard InChI is InChI=1S/C18H12ClFINO3S/c1-25-15-5-2-10(6-14(15)21)7-16-17(23)22(18(24)26-16)9-11-3-4-12(20)8-13(11)19/h2-8H,9H2,1H3/b16-7-. The number of nitrogens with zero attached hydrogens (tertiary/aromatic N) is 1. The van der Waals surface area contributed by atoms with Gasteiger partial charge >= 0.3 is 0 Å². The second kappa shape index (κ2) is 7.98. The minimum Gasteiger partial charge on any atom is -0.496 e. The summed E-state index contributed by atoms with van der Waals surface area (Å²) < 4.78 is 19.3. The zero-order valence-electron chi connectivity index (χ0n) is 13.5. The van der Waals surface area contributed by atoms with Crippen LogP contribution in [0.5, 0.6) is 5.75 Å². The highest BCUT2D eigenvalue weighted by molar-refractivity contribution is 14.1. The van der Waals surface area contributed by atoms with Crippen molar-refractivity contribution in [1.82, 2.24) is 4.90 Å². The third-order valence-corrected chi connectivity index (χ3v) is 5.79. The SMILES string of the molecule is COc1ccc(/C=C2\SC(=O)N(Cc3ccc(F)cc3Cl)C2=O)cc1I. The van der Waals surface area contributed by atoms with E-state index in [1.165, 1.54) is 12.1 Å². The molecule has 0 radical (unpaired) electrons. The lowest BCUT2D eigenvalue weighted by molar-refractivity contribution is -0.123. The Morgan fingerprint density at radius 3 is 2.69 bits per heavy atom. The average molecular weight is 504 g/mol. The Hall–Kier alpha value is -1.58. The van der Waals surface area contributed by atoms with Gasteiger partial charge in [0.25, 0.3) is 11.1 Å². The lowest BCUT2D eigenvalue weighted by atomic mass is 10.2. The summed E-state index contributed by atoms with van der Waals surface area (Å²) in [7, 11) is 1.59. The Balaban J connectivity index is 1.83. The van der Waals surface area contributed by atoms with Gasteiger partial charge in [0.05, 0.1) is 22.1 Å². The number of imide groups is 1. The zero-order valence-corrected chi connectivity index (χ0v) is 17.2. The second-order valence-corrected chi connectivity index (χ2v) is 7.96. The maximum atomic E-state index is 13.2. The smallest absolute Gasteiger partial charge is 0.293 e. The molecule has 8 heteroatoms. The van der Waals surface area contributed by atoms with Crippen LogP contribution < -0.4 is 4.74 Å². The molecule has 0 saturated carbocycles. The summed E-state index contributed by atoms with van der Waals surface area (Å²) in [6, 6.07) is 9.35. The summed E-state index contributed by atoms with van der Waals surface area (Å²) in [6.07, 6.45) is 1.67. The molecule has 1 fully saturated rings. The van der Waals surface area contributed by atoms with Crippen molar-refractivity contribution < 1.29 is 18.7 Å². The maximum Gasteiger partial charge on any atom is 0.293 e. The van der Waals surface area contributed by atoms with Gasteiger partial charge in [-0.05, 0) is 75.8 Å². The van der Waals surface area contributed by atoms with Crippen LogP contribution in [-0.4, -0.2) is 23.2 Å². The van der Waals surface area contributed by atoms with Crippen LogP contribution in [0.2, 0.25) is 5.02 Å². The van der Waals surface area contributed by atoms with Gasteiger partial charge in [-0.2, -0.15) is 0 Å². The number of carbonyl (C=O) groups excluding carboxylic acids is 2. The van der Waals surface area contributed by atoms with E-state index in [0.717, 1.165) is 37.6 Å². The number of rotatable bonds is 4. The van der Waals surface area contributed by atoms with Crippen LogP contribution in [-0.2, 0) is 11.3 Å². The van der Waals surface area contributed by atoms with E-state index in [9.17, 15) is 14.0 Å². The first-order valence-electron chi connectivity index (χ1n) is 7.42. The van der Waals surface area contributed by atoms with Crippen LogP contribution in [0.3, 0.4) is 0 Å². The predicted molar refractivity (Wildman–Crippen MR) is 109 cm³/mol. The van der Waals surface area contributed by atoms with E-state index < -0.39 is 11.7 Å². The van der Waals surface area contributed by atoms with Crippen molar-refractivity contribution in [1.29, 1.82) is 0 Å². The molecule has 0 spiro atoms. The summed E-state index contributed by atoms with van der Waals surface area (Å²) >= 11 is 9.00. The minimum absolute atomic E-state index is 0.00126. The number of halogens is 3. The highest BCUT2D eigenvalue weighted by Gasteiger charge is 2.35. The number of methoxy groups -OCH3 is 1. The number of carbonyl (C=O) groups is 2. The largest absolute Gasteiger partial charge is 0.496 e. The molecule has 0 aromatic heterocycles. The molecule has 0 unspecified atom stereocenters. The summed E-state index contributed by atoms with van der Waals surface area (Å²) in [6.45, 7) is 0.00126. The Morgan fingerprint density at radius 1 is 1.27 bits per heavy atom. The summed E-state index contributed by atoms with van der Waals surface area (Å²) in [4.78, 5) is 26.2. The molecule has 3 rings (SSSR count). The number of thioether (sulfide) groups is 1. The summed E-state index contributed by atoms with van der Waals surface area (Å²) in [5, 5.41) is -0.206. The molecule has 1 heterocycles. The number of hydrogen-bond acceptors (Lipinski definition) is 4. The fourth-order valence-electron chi connectivity index (χ4n) is 2.38. The Morgan fingerprint density at radius 2 is 2.04 bits per heavy atom. The van der Waals surface area contributed by atoms with Crippen molar-refractivity contribution in [2.24, 2.45) is 0 Å². The van der Waals surface area contributed by atoms with Crippen LogP contribution in [0.4, 0.5) is 9.18 Å². The summed E-state index contributed by atoms with van der Waals surface area (Å²) in [5.74, 6) is -0.130. The predicted octanol–water partition coefficient (Wildman–Crippen LogP) is 5.33. The molecule has 2 amide bonds. The quantitative estimate of drug-likeness (QED) is 0.418. The molecule has 134 valence electrons. The number of amides is 2. The van der Waals surface area contributed by atoms with E-state index in [0.29, 0.717) is 10.5 Å². The molecule has 0 N–H and O–H groups in total. The lowest BCUT2D eigenvalue weighted by Crippen LogP contribution is -2.27. The van der Waals surface area contributed by atoms with Gasteiger partial charge in [-0.25, -0.2) is 4.39 Å². The van der Waals surface area contributed by atoms with Crippen LogP contribution in [0.15, 0.2) is 41.3 Å². The van der Waals surface area contributed by atoms with E-state index in [1.807, 2.05) is 12.1 Å². The molecule has 0 aliphatic carbocycles. The third-order valence-electron chi connectivity index (χ3n) is 3.69. The monoisotopic (exact) mass is 503 g/mol. The molecular weight excluding hydrogens is 492 g/mol. The van der Waals surface area contributed by atoms with Crippen molar-refractivity contribution in [2.45, 2.75) is 6.54 Å². The molecule has 2 aromatic carbocycles. The topological polar surface area (TPSA) is 46.6 Å². The second-order valence-electron chi connectivity index (χ2n) is 5.40. The first kappa shape index (κ1) is 19.2. The van der Waals surface area contributed by atoms with Gasteiger partial charge in [0.15, 0.2) is 0 Å². The van der Waals surface area contributed by atoms with E-state index in [1.54, 1.807) is 19.3 Å². The number of benzene rings is 2. The molecule has 1 aliphatic rings. The molecule has 0 atom stereocenters. The summed E-state index contributed by atoms with van der Waals surface area (Å²) in [5.41, 5.74) is 1.30. The van der Waals surface area contributed by atoms with Gasteiger partial charge in [-0.1, -0.05) is 23.7 Å².